The quantitative estimate of drug-likeness (QED) is 0.846. The molecule has 1 aliphatic rings. The third kappa shape index (κ3) is 3.36. The number of ketones is 1. The van der Waals surface area contributed by atoms with Gasteiger partial charge in [0.1, 0.15) is 12.4 Å². The molecule has 20 heavy (non-hydrogen) atoms. The molecule has 1 aromatic rings. The van der Waals surface area contributed by atoms with Crippen LogP contribution in [0.15, 0.2) is 24.3 Å². The van der Waals surface area contributed by atoms with E-state index in [1.54, 1.807) is 17.0 Å². The molecule has 108 valence electrons. The lowest BCUT2D eigenvalue weighted by Crippen LogP contribution is -2.41. The highest BCUT2D eigenvalue weighted by atomic mass is 16.5. The SMILES string of the molecule is COCC(=O)N1CCC(C(=O)c2ccc(O)cc2)CC1. The van der Waals surface area contributed by atoms with Crippen LogP contribution in [0.1, 0.15) is 23.2 Å². The van der Waals surface area contributed by atoms with Gasteiger partial charge in [-0.05, 0) is 37.1 Å². The van der Waals surface area contributed by atoms with Crippen molar-refractivity contribution in [2.75, 3.05) is 26.8 Å². The van der Waals surface area contributed by atoms with Gasteiger partial charge in [0.25, 0.3) is 0 Å². The van der Waals surface area contributed by atoms with Crippen LogP contribution in [-0.4, -0.2) is 48.5 Å². The first-order valence-corrected chi connectivity index (χ1v) is 6.71. The number of carbonyl (C=O) groups excluding carboxylic acids is 2. The number of piperidine rings is 1. The number of aromatic hydroxyl groups is 1. The molecule has 0 bridgehead atoms. The van der Waals surface area contributed by atoms with Gasteiger partial charge in [0, 0.05) is 31.7 Å². The molecule has 1 aliphatic heterocycles. The lowest BCUT2D eigenvalue weighted by Gasteiger charge is -2.31. The van der Waals surface area contributed by atoms with Crippen LogP contribution in [0.25, 0.3) is 0 Å². The standard InChI is InChI=1S/C15H19NO4/c1-20-10-14(18)16-8-6-12(7-9-16)15(19)11-2-4-13(17)5-3-11/h2-5,12,17H,6-10H2,1H3. The summed E-state index contributed by atoms with van der Waals surface area (Å²) in [5, 5.41) is 9.23. The summed E-state index contributed by atoms with van der Waals surface area (Å²) in [6.45, 7) is 1.28. The van der Waals surface area contributed by atoms with Gasteiger partial charge in [0.05, 0.1) is 0 Å². The zero-order valence-electron chi connectivity index (χ0n) is 11.5. The van der Waals surface area contributed by atoms with Gasteiger partial charge in [0.2, 0.25) is 5.91 Å². The van der Waals surface area contributed by atoms with E-state index >= 15 is 0 Å². The van der Waals surface area contributed by atoms with E-state index in [0.717, 1.165) is 0 Å². The van der Waals surface area contributed by atoms with Gasteiger partial charge in [-0.25, -0.2) is 0 Å². The molecular weight excluding hydrogens is 258 g/mol. The summed E-state index contributed by atoms with van der Waals surface area (Å²) in [6, 6.07) is 6.31. The number of hydrogen-bond acceptors (Lipinski definition) is 4. The average Bonchev–Trinajstić information content (AvgIpc) is 2.48. The first-order chi connectivity index (χ1) is 9.61. The molecular formula is C15H19NO4. The Bertz CT molecular complexity index is 475. The second-order valence-electron chi connectivity index (χ2n) is 5.00. The zero-order chi connectivity index (χ0) is 14.5. The number of amides is 1. The fourth-order valence-corrected chi connectivity index (χ4v) is 2.47. The van der Waals surface area contributed by atoms with E-state index in [4.69, 9.17) is 4.74 Å². The number of rotatable bonds is 4. The predicted molar refractivity (Wildman–Crippen MR) is 73.6 cm³/mol. The number of carbonyl (C=O) groups is 2. The van der Waals surface area contributed by atoms with E-state index in [1.807, 2.05) is 0 Å². The van der Waals surface area contributed by atoms with Gasteiger partial charge in [-0.2, -0.15) is 0 Å². The minimum atomic E-state index is -0.0499. The largest absolute Gasteiger partial charge is 0.508 e. The van der Waals surface area contributed by atoms with E-state index < -0.39 is 0 Å². The second kappa shape index (κ2) is 6.52. The van der Waals surface area contributed by atoms with E-state index in [9.17, 15) is 14.7 Å². The molecule has 0 spiro atoms. The fraction of sp³-hybridized carbons (Fsp3) is 0.467. The van der Waals surface area contributed by atoms with Gasteiger partial charge in [-0.1, -0.05) is 0 Å². The molecule has 0 radical (unpaired) electrons. The predicted octanol–water partition coefficient (Wildman–Crippen LogP) is 1.46. The van der Waals surface area contributed by atoms with Gasteiger partial charge in [0.15, 0.2) is 5.78 Å². The fourth-order valence-electron chi connectivity index (χ4n) is 2.47. The summed E-state index contributed by atoms with van der Waals surface area (Å²) in [6.07, 6.45) is 1.35. The van der Waals surface area contributed by atoms with Gasteiger partial charge < -0.3 is 14.7 Å². The summed E-state index contributed by atoms with van der Waals surface area (Å²) < 4.78 is 4.83. The first-order valence-electron chi connectivity index (χ1n) is 6.71. The van der Waals surface area contributed by atoms with Crippen LogP contribution in [0.3, 0.4) is 0 Å². The number of benzene rings is 1. The van der Waals surface area contributed by atoms with Crippen molar-refractivity contribution in [3.05, 3.63) is 29.8 Å². The number of methoxy groups -OCH3 is 1. The molecule has 1 aromatic carbocycles. The Morgan fingerprint density at radius 3 is 2.40 bits per heavy atom. The number of nitrogens with zero attached hydrogens (tertiary/aromatic N) is 1. The second-order valence-corrected chi connectivity index (χ2v) is 5.00. The van der Waals surface area contributed by atoms with Crippen molar-refractivity contribution >= 4 is 11.7 Å². The topological polar surface area (TPSA) is 66.8 Å². The zero-order valence-corrected chi connectivity index (χ0v) is 11.5. The van der Waals surface area contributed by atoms with Crippen molar-refractivity contribution < 1.29 is 19.4 Å². The highest BCUT2D eigenvalue weighted by Crippen LogP contribution is 2.22. The molecule has 1 fully saturated rings. The lowest BCUT2D eigenvalue weighted by molar-refractivity contribution is -0.136. The number of ether oxygens (including phenoxy) is 1. The molecule has 5 heteroatoms. The number of likely N-dealkylation sites (tertiary alicyclic amines) is 1. The molecule has 1 amide bonds. The van der Waals surface area contributed by atoms with Crippen molar-refractivity contribution in [3.8, 4) is 5.75 Å². The Hall–Kier alpha value is -1.88. The van der Waals surface area contributed by atoms with Crippen LogP contribution in [0, 0.1) is 5.92 Å². The minimum Gasteiger partial charge on any atom is -0.508 e. The monoisotopic (exact) mass is 277 g/mol. The van der Waals surface area contributed by atoms with Crippen molar-refractivity contribution in [2.24, 2.45) is 5.92 Å². The van der Waals surface area contributed by atoms with E-state index in [0.29, 0.717) is 31.5 Å². The summed E-state index contributed by atoms with van der Waals surface area (Å²) in [5.41, 5.74) is 0.615. The molecule has 1 heterocycles. The average molecular weight is 277 g/mol. The number of hydrogen-bond donors (Lipinski definition) is 1. The van der Waals surface area contributed by atoms with E-state index in [-0.39, 0.29) is 30.0 Å². The van der Waals surface area contributed by atoms with Crippen molar-refractivity contribution in [1.82, 2.24) is 4.90 Å². The van der Waals surface area contributed by atoms with Crippen LogP contribution in [0.2, 0.25) is 0 Å². The molecule has 0 atom stereocenters. The Kier molecular flexibility index (Phi) is 4.74. The Balaban J connectivity index is 1.92. The van der Waals surface area contributed by atoms with Crippen LogP contribution < -0.4 is 0 Å². The maximum Gasteiger partial charge on any atom is 0.248 e. The van der Waals surface area contributed by atoms with E-state index in [2.05, 4.69) is 0 Å². The molecule has 5 nitrogen and oxygen atoms in total. The minimum absolute atomic E-state index is 0.0250. The summed E-state index contributed by atoms with van der Waals surface area (Å²) in [5.74, 6) is 0.166. The van der Waals surface area contributed by atoms with Crippen LogP contribution >= 0.6 is 0 Å². The lowest BCUT2D eigenvalue weighted by atomic mass is 9.89. The number of phenols is 1. The Morgan fingerprint density at radius 2 is 1.85 bits per heavy atom. The van der Waals surface area contributed by atoms with Crippen LogP contribution in [-0.2, 0) is 9.53 Å². The van der Waals surface area contributed by atoms with E-state index in [1.165, 1.54) is 19.2 Å². The van der Waals surface area contributed by atoms with Crippen LogP contribution in [0.4, 0.5) is 0 Å². The maximum absolute atomic E-state index is 12.3. The highest BCUT2D eigenvalue weighted by molar-refractivity contribution is 5.98. The highest BCUT2D eigenvalue weighted by Gasteiger charge is 2.27. The summed E-state index contributed by atoms with van der Waals surface area (Å²) in [7, 11) is 1.50. The van der Waals surface area contributed by atoms with Crippen molar-refractivity contribution in [2.45, 2.75) is 12.8 Å². The van der Waals surface area contributed by atoms with Gasteiger partial charge in [-0.15, -0.1) is 0 Å². The molecule has 1 saturated heterocycles. The smallest absolute Gasteiger partial charge is 0.248 e. The van der Waals surface area contributed by atoms with Crippen molar-refractivity contribution in [3.63, 3.8) is 0 Å². The third-order valence-corrected chi connectivity index (χ3v) is 3.64. The Labute approximate surface area is 118 Å². The normalized spacial score (nSPS) is 16.1. The van der Waals surface area contributed by atoms with Gasteiger partial charge >= 0.3 is 0 Å². The van der Waals surface area contributed by atoms with Gasteiger partial charge in [-0.3, -0.25) is 9.59 Å². The van der Waals surface area contributed by atoms with Crippen molar-refractivity contribution in [1.29, 1.82) is 0 Å². The molecule has 1 N–H and O–H groups in total. The molecule has 0 saturated carbocycles. The Morgan fingerprint density at radius 1 is 1.25 bits per heavy atom. The maximum atomic E-state index is 12.3. The molecule has 0 aromatic heterocycles. The summed E-state index contributed by atoms with van der Waals surface area (Å²) >= 11 is 0. The molecule has 0 unspecified atom stereocenters. The summed E-state index contributed by atoms with van der Waals surface area (Å²) in [4.78, 5) is 25.7. The number of phenolic OH excluding ortho intramolecular Hbond substituents is 1. The molecule has 2 rings (SSSR count). The molecule has 0 aliphatic carbocycles. The number of Topliss-reactive ketones (excluding diaryl/α,β-unsaturated/α-hetero) is 1. The first kappa shape index (κ1) is 14.5. The third-order valence-electron chi connectivity index (χ3n) is 3.64. The van der Waals surface area contributed by atoms with Crippen LogP contribution in [0.5, 0.6) is 5.75 Å².